The van der Waals surface area contributed by atoms with Crippen LogP contribution in [0.4, 0.5) is 5.69 Å². The second kappa shape index (κ2) is 6.83. The molecule has 0 aliphatic carbocycles. The Bertz CT molecular complexity index is 537. The molecule has 6 heteroatoms. The molecule has 0 radical (unpaired) electrons. The number of benzene rings is 1. The SMILES string of the molecule is O=[N+]([O-])c1ccc(CCNCC(O)c2ccco2)cc1. The number of nitro benzene ring substituents is 1. The highest BCUT2D eigenvalue weighted by molar-refractivity contribution is 5.32. The summed E-state index contributed by atoms with van der Waals surface area (Å²) in [4.78, 5) is 10.1. The first kappa shape index (κ1) is 14.2. The van der Waals surface area contributed by atoms with E-state index in [9.17, 15) is 15.2 Å². The van der Waals surface area contributed by atoms with Crippen LogP contribution >= 0.6 is 0 Å². The quantitative estimate of drug-likeness (QED) is 0.459. The molecule has 1 aromatic heterocycles. The lowest BCUT2D eigenvalue weighted by Crippen LogP contribution is -2.23. The van der Waals surface area contributed by atoms with Crippen molar-refractivity contribution >= 4 is 5.69 Å². The van der Waals surface area contributed by atoms with Crippen LogP contribution in [0, 0.1) is 10.1 Å². The molecule has 2 aromatic rings. The van der Waals surface area contributed by atoms with Crippen molar-refractivity contribution in [3.63, 3.8) is 0 Å². The molecule has 1 heterocycles. The van der Waals surface area contributed by atoms with Gasteiger partial charge in [0, 0.05) is 18.7 Å². The van der Waals surface area contributed by atoms with Crippen LogP contribution in [0.25, 0.3) is 0 Å². The molecule has 2 rings (SSSR count). The van der Waals surface area contributed by atoms with Crippen molar-refractivity contribution in [1.82, 2.24) is 5.32 Å². The molecule has 0 aliphatic rings. The van der Waals surface area contributed by atoms with Crippen LogP contribution < -0.4 is 5.32 Å². The van der Waals surface area contributed by atoms with Gasteiger partial charge in [-0.2, -0.15) is 0 Å². The molecule has 0 aliphatic heterocycles. The summed E-state index contributed by atoms with van der Waals surface area (Å²) in [5, 5.41) is 23.4. The second-order valence-electron chi connectivity index (χ2n) is 4.41. The lowest BCUT2D eigenvalue weighted by atomic mass is 10.1. The van der Waals surface area contributed by atoms with Crippen molar-refractivity contribution in [2.24, 2.45) is 0 Å². The van der Waals surface area contributed by atoms with Gasteiger partial charge < -0.3 is 14.8 Å². The highest BCUT2D eigenvalue weighted by atomic mass is 16.6. The number of aliphatic hydroxyl groups excluding tert-OH is 1. The van der Waals surface area contributed by atoms with Crippen molar-refractivity contribution < 1.29 is 14.4 Å². The minimum atomic E-state index is -0.665. The molecule has 6 nitrogen and oxygen atoms in total. The van der Waals surface area contributed by atoms with Crippen molar-refractivity contribution in [2.45, 2.75) is 12.5 Å². The third-order valence-electron chi connectivity index (χ3n) is 2.95. The lowest BCUT2D eigenvalue weighted by Gasteiger charge is -2.09. The first-order valence-corrected chi connectivity index (χ1v) is 6.32. The number of nitrogens with one attached hydrogen (secondary N) is 1. The van der Waals surface area contributed by atoms with Crippen LogP contribution in [-0.2, 0) is 6.42 Å². The maximum atomic E-state index is 10.5. The Balaban J connectivity index is 1.72. The largest absolute Gasteiger partial charge is 0.467 e. The maximum absolute atomic E-state index is 10.5. The van der Waals surface area contributed by atoms with Crippen LogP contribution in [0.2, 0.25) is 0 Å². The first-order chi connectivity index (χ1) is 9.66. The third kappa shape index (κ3) is 3.91. The van der Waals surface area contributed by atoms with E-state index in [1.807, 2.05) is 0 Å². The van der Waals surface area contributed by atoms with Gasteiger partial charge in [-0.15, -0.1) is 0 Å². The van der Waals surface area contributed by atoms with Gasteiger partial charge >= 0.3 is 0 Å². The summed E-state index contributed by atoms with van der Waals surface area (Å²) >= 11 is 0. The average molecular weight is 276 g/mol. The van der Waals surface area contributed by atoms with Gasteiger partial charge in [-0.25, -0.2) is 0 Å². The molecular weight excluding hydrogens is 260 g/mol. The maximum Gasteiger partial charge on any atom is 0.269 e. The minimum Gasteiger partial charge on any atom is -0.467 e. The van der Waals surface area contributed by atoms with Crippen molar-refractivity contribution in [1.29, 1.82) is 0 Å². The van der Waals surface area contributed by atoms with Crippen LogP contribution in [0.15, 0.2) is 47.1 Å². The predicted molar refractivity (Wildman–Crippen MR) is 73.3 cm³/mol. The molecule has 0 amide bonds. The molecule has 20 heavy (non-hydrogen) atoms. The summed E-state index contributed by atoms with van der Waals surface area (Å²) in [5.74, 6) is 0.535. The molecule has 2 N–H and O–H groups in total. The fraction of sp³-hybridized carbons (Fsp3) is 0.286. The minimum absolute atomic E-state index is 0.0925. The summed E-state index contributed by atoms with van der Waals surface area (Å²) in [6.07, 6.45) is 1.60. The molecular formula is C14H16N2O4. The van der Waals surface area contributed by atoms with Gasteiger partial charge in [0.15, 0.2) is 0 Å². The number of hydrogen-bond donors (Lipinski definition) is 2. The lowest BCUT2D eigenvalue weighted by molar-refractivity contribution is -0.384. The van der Waals surface area contributed by atoms with E-state index >= 15 is 0 Å². The zero-order valence-electron chi connectivity index (χ0n) is 10.9. The van der Waals surface area contributed by atoms with E-state index in [4.69, 9.17) is 4.42 Å². The topological polar surface area (TPSA) is 88.5 Å². The number of non-ortho nitro benzene ring substituents is 1. The summed E-state index contributed by atoms with van der Waals surface area (Å²) in [5.41, 5.74) is 1.10. The van der Waals surface area contributed by atoms with Crippen LogP contribution in [-0.4, -0.2) is 23.1 Å². The van der Waals surface area contributed by atoms with Crippen LogP contribution in [0.1, 0.15) is 17.4 Å². The fourth-order valence-corrected chi connectivity index (χ4v) is 1.84. The molecule has 1 aromatic carbocycles. The predicted octanol–water partition coefficient (Wildman–Crippen LogP) is 2.05. The van der Waals surface area contributed by atoms with E-state index < -0.39 is 11.0 Å². The fourth-order valence-electron chi connectivity index (χ4n) is 1.84. The number of nitrogens with zero attached hydrogens (tertiary/aromatic N) is 1. The molecule has 1 unspecified atom stereocenters. The van der Waals surface area contributed by atoms with E-state index in [-0.39, 0.29) is 5.69 Å². The first-order valence-electron chi connectivity index (χ1n) is 6.32. The van der Waals surface area contributed by atoms with Gasteiger partial charge in [0.2, 0.25) is 0 Å². The Hall–Kier alpha value is -2.18. The van der Waals surface area contributed by atoms with Gasteiger partial charge in [-0.05, 0) is 30.7 Å². The standard InChI is InChI=1S/C14H16N2O4/c17-13(14-2-1-9-20-14)10-15-8-7-11-3-5-12(6-4-11)16(18)19/h1-6,9,13,15,17H,7-8,10H2. The van der Waals surface area contributed by atoms with Gasteiger partial charge in [0.25, 0.3) is 5.69 Å². The normalized spacial score (nSPS) is 12.2. The Morgan fingerprint density at radius 3 is 2.65 bits per heavy atom. The molecule has 1 atom stereocenters. The zero-order valence-corrected chi connectivity index (χ0v) is 10.9. The van der Waals surface area contributed by atoms with Crippen LogP contribution in [0.5, 0.6) is 0 Å². The van der Waals surface area contributed by atoms with Gasteiger partial charge in [-0.3, -0.25) is 10.1 Å². The summed E-state index contributed by atoms with van der Waals surface area (Å²) < 4.78 is 5.09. The van der Waals surface area contributed by atoms with E-state index in [1.54, 1.807) is 24.3 Å². The average Bonchev–Trinajstić information content (AvgIpc) is 2.98. The second-order valence-corrected chi connectivity index (χ2v) is 4.41. The Labute approximate surface area is 116 Å². The Kier molecular flexibility index (Phi) is 4.86. The molecule has 0 saturated carbocycles. The third-order valence-corrected chi connectivity index (χ3v) is 2.95. The van der Waals surface area contributed by atoms with Crippen molar-refractivity contribution in [3.8, 4) is 0 Å². The number of hydrogen-bond acceptors (Lipinski definition) is 5. The summed E-state index contributed by atoms with van der Waals surface area (Å²) in [6.45, 7) is 1.08. The van der Waals surface area contributed by atoms with E-state index in [0.29, 0.717) is 18.8 Å². The highest BCUT2D eigenvalue weighted by Gasteiger charge is 2.09. The summed E-state index contributed by atoms with van der Waals surface area (Å²) in [6, 6.07) is 9.92. The monoisotopic (exact) mass is 276 g/mol. The van der Waals surface area contributed by atoms with E-state index in [0.717, 1.165) is 12.0 Å². The smallest absolute Gasteiger partial charge is 0.269 e. The molecule has 0 fully saturated rings. The Morgan fingerprint density at radius 1 is 1.30 bits per heavy atom. The molecule has 0 saturated heterocycles. The number of aliphatic hydroxyl groups is 1. The van der Waals surface area contributed by atoms with Gasteiger partial charge in [0.1, 0.15) is 11.9 Å². The molecule has 106 valence electrons. The van der Waals surface area contributed by atoms with Crippen molar-refractivity contribution in [2.75, 3.05) is 13.1 Å². The summed E-state index contributed by atoms with van der Waals surface area (Å²) in [7, 11) is 0. The number of furan rings is 1. The molecule has 0 spiro atoms. The number of rotatable bonds is 7. The number of nitro groups is 1. The van der Waals surface area contributed by atoms with E-state index in [1.165, 1.54) is 18.4 Å². The Morgan fingerprint density at radius 2 is 2.05 bits per heavy atom. The van der Waals surface area contributed by atoms with Gasteiger partial charge in [0.05, 0.1) is 11.2 Å². The van der Waals surface area contributed by atoms with Crippen molar-refractivity contribution in [3.05, 3.63) is 64.1 Å². The zero-order chi connectivity index (χ0) is 14.4. The van der Waals surface area contributed by atoms with E-state index in [2.05, 4.69) is 5.32 Å². The van der Waals surface area contributed by atoms with Gasteiger partial charge in [-0.1, -0.05) is 12.1 Å². The van der Waals surface area contributed by atoms with Crippen LogP contribution in [0.3, 0.4) is 0 Å². The highest BCUT2D eigenvalue weighted by Crippen LogP contribution is 2.13. The molecule has 0 bridgehead atoms.